The van der Waals surface area contributed by atoms with E-state index in [9.17, 15) is 132 Å². The third kappa shape index (κ3) is 16.8. The molecule has 516 valence electrons. The van der Waals surface area contributed by atoms with E-state index in [1.54, 1.807) is 0 Å². The molecule has 6 aliphatic rings. The lowest BCUT2D eigenvalue weighted by Crippen LogP contribution is -2.68. The van der Waals surface area contributed by atoms with Gasteiger partial charge in [-0.25, -0.2) is 0 Å². The summed E-state index contributed by atoms with van der Waals surface area (Å²) in [5, 5.41) is 264. The van der Waals surface area contributed by atoms with Crippen LogP contribution in [0.1, 0.15) is 13.8 Å². The second-order valence-corrected chi connectivity index (χ2v) is 21.6. The summed E-state index contributed by atoms with van der Waals surface area (Å²) in [6.07, 6.45) is -73.3. The third-order valence-corrected chi connectivity index (χ3v) is 15.6. The summed E-state index contributed by atoms with van der Waals surface area (Å²) in [5.74, 6) is -0.970. The molecule has 6 rings (SSSR count). The molecule has 6 heterocycles. The minimum absolute atomic E-state index is 0.854. The van der Waals surface area contributed by atoms with Gasteiger partial charge in [-0.1, -0.05) is 0 Å². The molecular formula is C48H84O40. The van der Waals surface area contributed by atoms with Crippen molar-refractivity contribution < 1.29 is 199 Å². The number of Topliss-reactive ketones (excluding diaryl/α,β-unsaturated/α-hetero) is 1. The monoisotopic (exact) mass is 1300 g/mol. The van der Waals surface area contributed by atoms with Gasteiger partial charge < -0.3 is 194 Å². The number of carbonyl (C=O) groups is 1. The summed E-state index contributed by atoms with van der Waals surface area (Å²) in [6, 6.07) is 0. The van der Waals surface area contributed by atoms with E-state index in [2.05, 4.69) is 0 Å². The zero-order valence-electron chi connectivity index (χ0n) is 46.8. The average molecular weight is 1300 g/mol. The maximum absolute atomic E-state index is 11.8. The van der Waals surface area contributed by atoms with Gasteiger partial charge in [0.15, 0.2) is 43.5 Å². The molecule has 0 aliphatic carbocycles. The highest BCUT2D eigenvalue weighted by atomic mass is 16.8. The number of carbonyl (C=O) groups excluding carboxylic acids is 1. The van der Waals surface area contributed by atoms with Gasteiger partial charge in [0, 0.05) is 0 Å². The molecule has 40 heteroatoms. The van der Waals surface area contributed by atoms with Gasteiger partial charge in [0.25, 0.3) is 0 Å². The van der Waals surface area contributed by atoms with Gasteiger partial charge in [-0.05, 0) is 13.8 Å². The number of ether oxygens (including phenoxy) is 14. The predicted molar refractivity (Wildman–Crippen MR) is 266 cm³/mol. The molecule has 0 amide bonds. The first-order valence-electron chi connectivity index (χ1n) is 27.7. The Balaban J connectivity index is 1.04. The van der Waals surface area contributed by atoms with E-state index >= 15 is 0 Å². The Morgan fingerprint density at radius 2 is 0.659 bits per heavy atom. The first kappa shape index (κ1) is 75.1. The molecule has 88 heavy (non-hydrogen) atoms. The van der Waals surface area contributed by atoms with E-state index in [-0.39, 0.29) is 0 Å². The molecule has 0 radical (unpaired) electrons. The van der Waals surface area contributed by atoms with Crippen LogP contribution < -0.4 is 0 Å². The lowest BCUT2D eigenvalue weighted by Gasteiger charge is -2.50. The lowest BCUT2D eigenvalue weighted by atomic mass is 9.95. The van der Waals surface area contributed by atoms with Crippen LogP contribution in [0.25, 0.3) is 0 Å². The SMILES string of the molecule is CC(=O)[C@@H](O)C(OC(OC(CO)[C@H](C)OC1OC(CO)C(OC2OC(CO)C(OC3OC(CO)C(OC4OC(CO)C(OC5OC(CO)C(OC6OC(CO)C(O)C(O)C6O)C(O)C5O)C(O)C4O)C(O)C3O)C(O)C2O)C(O)C1O)C(O)O)C(O)CO. The summed E-state index contributed by atoms with van der Waals surface area (Å²) < 4.78 is 77.8. The number of aliphatic hydroxyl groups excluding tert-OH is 24. The van der Waals surface area contributed by atoms with E-state index in [0.717, 1.165) is 6.92 Å². The molecule has 34 unspecified atom stereocenters. The summed E-state index contributed by atoms with van der Waals surface area (Å²) in [5.41, 5.74) is 0. The fourth-order valence-corrected chi connectivity index (χ4v) is 10.4. The van der Waals surface area contributed by atoms with Gasteiger partial charge in [-0.2, -0.15) is 0 Å². The molecule has 0 spiro atoms. The molecule has 0 aromatic carbocycles. The number of rotatable bonds is 29. The first-order valence-corrected chi connectivity index (χ1v) is 27.7. The van der Waals surface area contributed by atoms with Gasteiger partial charge in [0.2, 0.25) is 12.6 Å². The van der Waals surface area contributed by atoms with Crippen LogP contribution in [0.15, 0.2) is 0 Å². The number of aliphatic hydroxyl groups is 25. The van der Waals surface area contributed by atoms with E-state index in [1.807, 2.05) is 0 Å². The van der Waals surface area contributed by atoms with Gasteiger partial charge in [0.1, 0.15) is 171 Å². The second kappa shape index (κ2) is 33.5. The Bertz CT molecular complexity index is 2050. The molecular weight excluding hydrogens is 1220 g/mol. The van der Waals surface area contributed by atoms with Crippen LogP contribution >= 0.6 is 0 Å². The predicted octanol–water partition coefficient (Wildman–Crippen LogP) is -17.0. The van der Waals surface area contributed by atoms with Crippen molar-refractivity contribution in [1.82, 2.24) is 0 Å². The van der Waals surface area contributed by atoms with Crippen molar-refractivity contribution in [3.63, 3.8) is 0 Å². The highest BCUT2D eigenvalue weighted by molar-refractivity contribution is 5.80. The van der Waals surface area contributed by atoms with E-state index in [0.29, 0.717) is 0 Å². The molecule has 0 aromatic rings. The molecule has 0 bridgehead atoms. The maximum atomic E-state index is 11.8. The largest absolute Gasteiger partial charge is 0.394 e. The van der Waals surface area contributed by atoms with Crippen molar-refractivity contribution in [2.45, 2.75) is 241 Å². The number of hydrogen-bond acceptors (Lipinski definition) is 40. The van der Waals surface area contributed by atoms with Crippen molar-refractivity contribution in [2.75, 3.05) is 52.9 Å². The third-order valence-electron chi connectivity index (χ3n) is 15.6. The average Bonchev–Trinajstić information content (AvgIpc) is 1.45. The minimum atomic E-state index is -2.59. The van der Waals surface area contributed by atoms with Gasteiger partial charge in [-0.3, -0.25) is 4.79 Å². The standard InChI is InChI=1S/C48H84O40/c1-11(57)21(59)35(13(58)3-49)83-48(41(73)74)76-14(4-50)12(2)75-42-30(68)24(62)36(16(6-52)78-42)85-44-32(70)26(64)38(18(8-54)80-44)87-46-34(72)28(66)40(20(10-56)82-46)88-47-33(71)27(65)39(19(9-55)81-47)86-45-31(69)25(63)37(17(7-53)79-45)84-43-29(67)23(61)22(60)15(5-51)77-43/h12-56,58-74H,3-10H2,1-2H3/t12-,13?,14?,15?,16?,17?,18?,19?,20?,21+,22?,23?,24?,25?,26?,27?,28?,29?,30?,31?,32?,33?,34?,35?,36?,37?,38?,39?,40?,42?,43?,44?,45?,46?,47?,48?/m0/s1. The molecule has 0 saturated carbocycles. The van der Waals surface area contributed by atoms with Gasteiger partial charge in [0.05, 0.1) is 59.0 Å². The summed E-state index contributed by atoms with van der Waals surface area (Å²) in [6.45, 7) is -6.16. The zero-order valence-corrected chi connectivity index (χ0v) is 46.8. The van der Waals surface area contributed by atoms with Crippen molar-refractivity contribution >= 4 is 5.78 Å². The van der Waals surface area contributed by atoms with Crippen LogP contribution in [-0.2, 0) is 71.1 Å². The highest BCUT2D eigenvalue weighted by Gasteiger charge is 2.58. The zero-order chi connectivity index (χ0) is 65.5. The van der Waals surface area contributed by atoms with E-state index in [4.69, 9.17) is 66.3 Å². The number of hydrogen-bond donors (Lipinski definition) is 25. The Labute approximate surface area is 497 Å². The van der Waals surface area contributed by atoms with Crippen LogP contribution in [0.2, 0.25) is 0 Å². The Hall–Kier alpha value is -1.89. The van der Waals surface area contributed by atoms with Gasteiger partial charge in [-0.15, -0.1) is 0 Å². The van der Waals surface area contributed by atoms with Crippen molar-refractivity contribution in [3.05, 3.63) is 0 Å². The maximum Gasteiger partial charge on any atom is 0.209 e. The normalized spacial score (nSPS) is 45.8. The van der Waals surface area contributed by atoms with Crippen LogP contribution in [-0.4, -0.2) is 414 Å². The molecule has 25 N–H and O–H groups in total. The smallest absolute Gasteiger partial charge is 0.209 e. The molecule has 0 aromatic heterocycles. The summed E-state index contributed by atoms with van der Waals surface area (Å²) in [4.78, 5) is 11.8. The quantitative estimate of drug-likeness (QED) is 0.0309. The van der Waals surface area contributed by atoms with Crippen LogP contribution in [0.4, 0.5) is 0 Å². The van der Waals surface area contributed by atoms with Crippen molar-refractivity contribution in [3.8, 4) is 0 Å². The fraction of sp³-hybridized carbons (Fsp3) is 0.979. The minimum Gasteiger partial charge on any atom is -0.394 e. The second-order valence-electron chi connectivity index (χ2n) is 21.6. The molecule has 6 fully saturated rings. The van der Waals surface area contributed by atoms with E-state index < -0.39 is 286 Å². The molecule has 36 atom stereocenters. The summed E-state index contributed by atoms with van der Waals surface area (Å²) in [7, 11) is 0. The summed E-state index contributed by atoms with van der Waals surface area (Å²) >= 11 is 0. The van der Waals surface area contributed by atoms with Crippen molar-refractivity contribution in [2.24, 2.45) is 0 Å². The van der Waals surface area contributed by atoms with E-state index in [1.165, 1.54) is 6.92 Å². The Morgan fingerprint density at radius 3 is 0.932 bits per heavy atom. The molecule has 6 aliphatic heterocycles. The Morgan fingerprint density at radius 1 is 0.375 bits per heavy atom. The van der Waals surface area contributed by atoms with Crippen molar-refractivity contribution in [1.29, 1.82) is 0 Å². The topological polar surface area (TPSA) is 652 Å². The molecule has 40 nitrogen and oxygen atoms in total. The van der Waals surface area contributed by atoms with Crippen LogP contribution in [0.3, 0.4) is 0 Å². The highest BCUT2D eigenvalue weighted by Crippen LogP contribution is 2.37. The molecule has 6 saturated heterocycles. The number of ketones is 1. The van der Waals surface area contributed by atoms with Crippen LogP contribution in [0.5, 0.6) is 0 Å². The Kier molecular flexibility index (Phi) is 28.6. The lowest BCUT2D eigenvalue weighted by molar-refractivity contribution is -0.396. The first-order chi connectivity index (χ1) is 41.6. The van der Waals surface area contributed by atoms with Gasteiger partial charge >= 0.3 is 0 Å². The van der Waals surface area contributed by atoms with Crippen LogP contribution in [0, 0.1) is 0 Å². The fourth-order valence-electron chi connectivity index (χ4n) is 10.4.